The van der Waals surface area contributed by atoms with E-state index in [1.165, 1.54) is 6.20 Å². The highest BCUT2D eigenvalue weighted by Crippen LogP contribution is 2.22. The molecule has 0 saturated heterocycles. The van der Waals surface area contributed by atoms with Gasteiger partial charge in [0.2, 0.25) is 11.8 Å². The van der Waals surface area contributed by atoms with E-state index in [4.69, 9.17) is 0 Å². The molecule has 0 spiro atoms. The maximum Gasteiger partial charge on any atom is 0.329 e. The van der Waals surface area contributed by atoms with Crippen molar-refractivity contribution in [2.75, 3.05) is 17.7 Å². The van der Waals surface area contributed by atoms with Gasteiger partial charge in [-0.2, -0.15) is 4.98 Å². The van der Waals surface area contributed by atoms with Gasteiger partial charge in [0.15, 0.2) is 0 Å². The summed E-state index contributed by atoms with van der Waals surface area (Å²) < 4.78 is 0. The van der Waals surface area contributed by atoms with Gasteiger partial charge in [-0.15, -0.1) is 0 Å². The highest BCUT2D eigenvalue weighted by molar-refractivity contribution is 5.56. The van der Waals surface area contributed by atoms with E-state index in [9.17, 15) is 10.1 Å². The molecule has 0 amide bonds. The highest BCUT2D eigenvalue weighted by Gasteiger charge is 2.16. The van der Waals surface area contributed by atoms with Crippen LogP contribution in [-0.4, -0.2) is 26.9 Å². The summed E-state index contributed by atoms with van der Waals surface area (Å²) in [6.45, 7) is 0.398. The number of nitrogens with zero attached hydrogens (tertiary/aromatic N) is 4. The third-order valence-electron chi connectivity index (χ3n) is 2.37. The second kappa shape index (κ2) is 5.71. The van der Waals surface area contributed by atoms with Crippen molar-refractivity contribution in [3.63, 3.8) is 0 Å². The number of hydrogen-bond acceptors (Lipinski definition) is 7. The van der Waals surface area contributed by atoms with E-state index in [-0.39, 0.29) is 11.5 Å². The summed E-state index contributed by atoms with van der Waals surface area (Å²) in [6, 6.07) is 3.66. The summed E-state index contributed by atoms with van der Waals surface area (Å²) in [4.78, 5) is 22.2. The predicted molar refractivity (Wildman–Crippen MR) is 69.8 cm³/mol. The van der Waals surface area contributed by atoms with E-state index in [0.29, 0.717) is 12.5 Å². The number of nitrogens with one attached hydrogen (secondary N) is 2. The van der Waals surface area contributed by atoms with Crippen LogP contribution in [-0.2, 0) is 6.54 Å². The number of pyridine rings is 1. The van der Waals surface area contributed by atoms with E-state index in [0.717, 1.165) is 5.56 Å². The summed E-state index contributed by atoms with van der Waals surface area (Å²) in [5.41, 5.74) is 0.740. The maximum atomic E-state index is 10.9. The zero-order chi connectivity index (χ0) is 13.7. The summed E-state index contributed by atoms with van der Waals surface area (Å²) >= 11 is 0. The first-order valence-corrected chi connectivity index (χ1v) is 5.52. The molecule has 0 atom stereocenters. The Kier molecular flexibility index (Phi) is 3.81. The van der Waals surface area contributed by atoms with E-state index >= 15 is 0 Å². The molecule has 8 heteroatoms. The lowest BCUT2D eigenvalue weighted by Gasteiger charge is -2.07. The lowest BCUT2D eigenvalue weighted by atomic mass is 10.3. The van der Waals surface area contributed by atoms with Gasteiger partial charge in [0.1, 0.15) is 6.20 Å². The van der Waals surface area contributed by atoms with E-state index < -0.39 is 4.92 Å². The van der Waals surface area contributed by atoms with Gasteiger partial charge >= 0.3 is 5.69 Å². The van der Waals surface area contributed by atoms with Crippen LogP contribution in [0.15, 0.2) is 30.7 Å². The second-order valence-corrected chi connectivity index (χ2v) is 3.65. The van der Waals surface area contributed by atoms with Crippen molar-refractivity contribution >= 4 is 17.5 Å². The molecule has 0 aliphatic heterocycles. The monoisotopic (exact) mass is 260 g/mol. The van der Waals surface area contributed by atoms with Crippen molar-refractivity contribution in [3.05, 3.63) is 46.4 Å². The summed E-state index contributed by atoms with van der Waals surface area (Å²) in [5, 5.41) is 16.5. The highest BCUT2D eigenvalue weighted by atomic mass is 16.6. The molecule has 2 rings (SSSR count). The molecule has 0 bridgehead atoms. The minimum absolute atomic E-state index is 0.164. The van der Waals surface area contributed by atoms with Crippen LogP contribution in [0.3, 0.4) is 0 Å². The molecule has 19 heavy (non-hydrogen) atoms. The van der Waals surface area contributed by atoms with Crippen molar-refractivity contribution in [1.82, 2.24) is 15.0 Å². The molecule has 2 aromatic rings. The van der Waals surface area contributed by atoms with Crippen LogP contribution in [0.25, 0.3) is 0 Å². The molecule has 0 fully saturated rings. The number of rotatable bonds is 5. The Morgan fingerprint density at radius 2 is 2.26 bits per heavy atom. The first kappa shape index (κ1) is 12.7. The van der Waals surface area contributed by atoms with Gasteiger partial charge in [0, 0.05) is 26.0 Å². The van der Waals surface area contributed by atoms with Gasteiger partial charge in [-0.05, 0) is 11.6 Å². The molecule has 0 radical (unpaired) electrons. The molecule has 8 nitrogen and oxygen atoms in total. The van der Waals surface area contributed by atoms with Gasteiger partial charge < -0.3 is 10.6 Å². The van der Waals surface area contributed by atoms with Crippen LogP contribution in [0.1, 0.15) is 5.56 Å². The van der Waals surface area contributed by atoms with Crippen molar-refractivity contribution in [2.45, 2.75) is 6.54 Å². The fraction of sp³-hybridized carbons (Fsp3) is 0.182. The third kappa shape index (κ3) is 3.12. The van der Waals surface area contributed by atoms with Crippen LogP contribution < -0.4 is 10.6 Å². The normalized spacial score (nSPS) is 9.95. The number of nitro groups is 1. The first-order valence-electron chi connectivity index (χ1n) is 5.52. The fourth-order valence-electron chi connectivity index (χ4n) is 1.45. The SMILES string of the molecule is CNc1ncc([N+](=O)[O-])c(NCc2cccnc2)n1. The minimum atomic E-state index is -0.523. The van der Waals surface area contributed by atoms with Gasteiger partial charge in [0.05, 0.1) is 4.92 Å². The van der Waals surface area contributed by atoms with Gasteiger partial charge in [-0.25, -0.2) is 4.98 Å². The Balaban J connectivity index is 2.20. The van der Waals surface area contributed by atoms with Crippen LogP contribution >= 0.6 is 0 Å². The maximum absolute atomic E-state index is 10.9. The summed E-state index contributed by atoms with van der Waals surface area (Å²) in [5.74, 6) is 0.493. The van der Waals surface area contributed by atoms with E-state index in [1.807, 2.05) is 6.07 Å². The molecule has 0 saturated carbocycles. The lowest BCUT2D eigenvalue weighted by Crippen LogP contribution is -2.07. The van der Waals surface area contributed by atoms with Gasteiger partial charge in [0.25, 0.3) is 0 Å². The quantitative estimate of drug-likeness (QED) is 0.618. The molecule has 2 aromatic heterocycles. The largest absolute Gasteiger partial charge is 0.360 e. The van der Waals surface area contributed by atoms with Crippen LogP contribution in [0.4, 0.5) is 17.5 Å². The van der Waals surface area contributed by atoms with Crippen molar-refractivity contribution in [3.8, 4) is 0 Å². The molecule has 0 unspecified atom stereocenters. The zero-order valence-electron chi connectivity index (χ0n) is 10.2. The topological polar surface area (TPSA) is 106 Å². The zero-order valence-corrected chi connectivity index (χ0v) is 10.2. The van der Waals surface area contributed by atoms with Gasteiger partial charge in [-0.3, -0.25) is 15.1 Å². The van der Waals surface area contributed by atoms with Crippen LogP contribution in [0.2, 0.25) is 0 Å². The molecule has 2 N–H and O–H groups in total. The number of anilines is 2. The average Bonchev–Trinajstić information content (AvgIpc) is 2.45. The molecule has 0 aliphatic carbocycles. The second-order valence-electron chi connectivity index (χ2n) is 3.65. The number of hydrogen-bond donors (Lipinski definition) is 2. The Morgan fingerprint density at radius 3 is 2.89 bits per heavy atom. The minimum Gasteiger partial charge on any atom is -0.360 e. The Morgan fingerprint density at radius 1 is 1.42 bits per heavy atom. The summed E-state index contributed by atoms with van der Waals surface area (Å²) in [6.07, 6.45) is 4.51. The lowest BCUT2D eigenvalue weighted by molar-refractivity contribution is -0.384. The molecular formula is C11H12N6O2. The standard InChI is InChI=1S/C11H12N6O2/c1-12-11-15-7-9(17(18)19)10(16-11)14-6-8-3-2-4-13-5-8/h2-5,7H,6H2,1H3,(H2,12,14,15,16). The van der Waals surface area contributed by atoms with Crippen LogP contribution in [0, 0.1) is 10.1 Å². The molecular weight excluding hydrogens is 248 g/mol. The average molecular weight is 260 g/mol. The van der Waals surface area contributed by atoms with Crippen molar-refractivity contribution in [2.24, 2.45) is 0 Å². The van der Waals surface area contributed by atoms with Crippen molar-refractivity contribution in [1.29, 1.82) is 0 Å². The predicted octanol–water partition coefficient (Wildman–Crippen LogP) is 1.43. The fourth-order valence-corrected chi connectivity index (χ4v) is 1.45. The molecule has 98 valence electrons. The smallest absolute Gasteiger partial charge is 0.329 e. The third-order valence-corrected chi connectivity index (χ3v) is 2.37. The van der Waals surface area contributed by atoms with Crippen molar-refractivity contribution < 1.29 is 4.92 Å². The van der Waals surface area contributed by atoms with E-state index in [1.54, 1.807) is 25.5 Å². The van der Waals surface area contributed by atoms with E-state index in [2.05, 4.69) is 25.6 Å². The Bertz CT molecular complexity index is 575. The molecule has 0 aromatic carbocycles. The molecule has 0 aliphatic rings. The first-order chi connectivity index (χ1) is 9.20. The Labute approximate surface area is 109 Å². The summed E-state index contributed by atoms with van der Waals surface area (Å²) in [7, 11) is 1.64. The molecule has 2 heterocycles. The van der Waals surface area contributed by atoms with Gasteiger partial charge in [-0.1, -0.05) is 6.07 Å². The number of aromatic nitrogens is 3. The Hall–Kier alpha value is -2.77. The van der Waals surface area contributed by atoms with Crippen LogP contribution in [0.5, 0.6) is 0 Å².